The van der Waals surface area contributed by atoms with E-state index in [0.29, 0.717) is 13.0 Å². The van der Waals surface area contributed by atoms with E-state index in [1.54, 1.807) is 0 Å². The van der Waals surface area contributed by atoms with Gasteiger partial charge in [-0.05, 0) is 6.42 Å². The minimum absolute atomic E-state index is 0.00347. The Morgan fingerprint density at radius 3 is 2.46 bits per heavy atom. The van der Waals surface area contributed by atoms with Gasteiger partial charge in [-0.25, -0.2) is 0 Å². The molecule has 1 heterocycles. The van der Waals surface area contributed by atoms with Crippen molar-refractivity contribution in [1.82, 2.24) is 0 Å². The molecule has 76 valence electrons. The monoisotopic (exact) mass is 189 g/mol. The Bertz CT molecular complexity index is 158. The molecule has 5 nitrogen and oxygen atoms in total. The van der Waals surface area contributed by atoms with Crippen LogP contribution >= 0.6 is 0 Å². The summed E-state index contributed by atoms with van der Waals surface area (Å²) in [6.45, 7) is 0.352. The smallest absolute Gasteiger partial charge is 0.305 e. The van der Waals surface area contributed by atoms with Crippen LogP contribution in [0, 0.1) is 0 Å². The number of aliphatic carboxylic acids is 1. The second kappa shape index (κ2) is 7.54. The molecule has 0 saturated carbocycles. The first-order chi connectivity index (χ1) is 6.16. The van der Waals surface area contributed by atoms with Crippen LogP contribution in [-0.4, -0.2) is 30.3 Å². The summed E-state index contributed by atoms with van der Waals surface area (Å²) in [5.74, 6) is -0.939. The summed E-state index contributed by atoms with van der Waals surface area (Å²) in [5, 5.41) is 17.5. The summed E-state index contributed by atoms with van der Waals surface area (Å²) >= 11 is 0. The summed E-state index contributed by atoms with van der Waals surface area (Å²) in [7, 11) is 0. The number of carbonyl (C=O) groups is 2. The summed E-state index contributed by atoms with van der Waals surface area (Å²) in [6, 6.07) is 0. The van der Waals surface area contributed by atoms with E-state index in [4.69, 9.17) is 5.11 Å². The molecule has 1 fully saturated rings. The van der Waals surface area contributed by atoms with E-state index in [0.717, 1.165) is 6.42 Å². The molecule has 1 aliphatic rings. The molecule has 1 rings (SSSR count). The number of rotatable bonds is 3. The van der Waals surface area contributed by atoms with Crippen molar-refractivity contribution >= 4 is 11.9 Å². The fourth-order valence-corrected chi connectivity index (χ4v) is 0.698. The summed E-state index contributed by atoms with van der Waals surface area (Å²) in [4.78, 5) is 19.6. The van der Waals surface area contributed by atoms with E-state index in [-0.39, 0.29) is 25.4 Å². The van der Waals surface area contributed by atoms with Crippen molar-refractivity contribution in [3.63, 3.8) is 0 Å². The van der Waals surface area contributed by atoms with Gasteiger partial charge in [0.2, 0.25) is 0 Å². The Labute approximate surface area is 76.3 Å². The number of carboxylic acids is 1. The lowest BCUT2D eigenvalue weighted by Gasteiger charge is -1.96. The number of carbonyl (C=O) groups excluding carboxylic acids is 1. The lowest BCUT2D eigenvalue weighted by atomic mass is 10.3. The Morgan fingerprint density at radius 1 is 1.62 bits per heavy atom. The third kappa shape index (κ3) is 8.81. The molecule has 0 amide bonds. The molecule has 0 radical (unpaired) electrons. The zero-order chi connectivity index (χ0) is 10.1. The van der Waals surface area contributed by atoms with Crippen molar-refractivity contribution in [2.75, 3.05) is 13.2 Å². The van der Waals surface area contributed by atoms with Crippen LogP contribution in [0.1, 0.15) is 25.7 Å². The van der Waals surface area contributed by atoms with E-state index in [9.17, 15) is 14.7 Å². The molecule has 0 bridgehead atoms. The number of esters is 1. The highest BCUT2D eigenvalue weighted by Crippen LogP contribution is 2.01. The summed E-state index contributed by atoms with van der Waals surface area (Å²) in [5.41, 5.74) is 0. The molecule has 0 aromatic heterocycles. The molecule has 0 aliphatic carbocycles. The highest BCUT2D eigenvalue weighted by molar-refractivity contribution is 5.70. The molecular formula is C8H13O5-. The average molecular weight is 189 g/mol. The van der Waals surface area contributed by atoms with Crippen LogP contribution in [0.15, 0.2) is 0 Å². The van der Waals surface area contributed by atoms with E-state index >= 15 is 0 Å². The van der Waals surface area contributed by atoms with Crippen LogP contribution in [0.3, 0.4) is 0 Å². The fourth-order valence-electron chi connectivity index (χ4n) is 0.698. The van der Waals surface area contributed by atoms with Gasteiger partial charge in [-0.15, -0.1) is 6.61 Å². The number of hydrogen-bond donors (Lipinski definition) is 1. The standard InChI is InChI=1S/C4H7O3.C4H6O2/c5-3-1-2-4(6)7;5-4-2-1-3-6-4/h1-3H2,(H,6,7);1-3H2/q-1;. The van der Waals surface area contributed by atoms with Gasteiger partial charge in [0.05, 0.1) is 6.61 Å². The maximum Gasteiger partial charge on any atom is 0.305 e. The topological polar surface area (TPSA) is 86.7 Å². The van der Waals surface area contributed by atoms with Gasteiger partial charge in [-0.1, -0.05) is 6.42 Å². The lowest BCUT2D eigenvalue weighted by molar-refractivity contribution is -0.368. The van der Waals surface area contributed by atoms with Crippen molar-refractivity contribution in [1.29, 1.82) is 0 Å². The SMILES string of the molecule is O=C(O)CCC[O-].O=C1CCCO1. The second-order valence-electron chi connectivity index (χ2n) is 2.53. The van der Waals surface area contributed by atoms with Crippen molar-refractivity contribution < 1.29 is 24.5 Å². The van der Waals surface area contributed by atoms with Crippen LogP contribution in [0.2, 0.25) is 0 Å². The van der Waals surface area contributed by atoms with Gasteiger partial charge in [0.1, 0.15) is 0 Å². The quantitative estimate of drug-likeness (QED) is 0.607. The van der Waals surface area contributed by atoms with Crippen LogP contribution in [0.25, 0.3) is 0 Å². The molecule has 13 heavy (non-hydrogen) atoms. The normalized spacial score (nSPS) is 14.4. The highest BCUT2D eigenvalue weighted by atomic mass is 16.5. The zero-order valence-electron chi connectivity index (χ0n) is 7.32. The van der Waals surface area contributed by atoms with Gasteiger partial charge in [0, 0.05) is 12.8 Å². The van der Waals surface area contributed by atoms with E-state index in [2.05, 4.69) is 4.74 Å². The first kappa shape index (κ1) is 11.9. The fraction of sp³-hybridized carbons (Fsp3) is 0.750. The number of carboxylic acid groups (broad SMARTS) is 1. The van der Waals surface area contributed by atoms with Gasteiger partial charge >= 0.3 is 11.9 Å². The molecular weight excluding hydrogens is 176 g/mol. The van der Waals surface area contributed by atoms with Crippen molar-refractivity contribution in [3.8, 4) is 0 Å². The van der Waals surface area contributed by atoms with Gasteiger partial charge < -0.3 is 14.9 Å². The number of hydrogen-bond acceptors (Lipinski definition) is 4. The van der Waals surface area contributed by atoms with Gasteiger partial charge in [0.15, 0.2) is 0 Å². The van der Waals surface area contributed by atoms with Gasteiger partial charge in [-0.2, -0.15) is 0 Å². The molecule has 0 aromatic rings. The number of cyclic esters (lactones) is 1. The molecule has 1 N–H and O–H groups in total. The van der Waals surface area contributed by atoms with E-state index in [1.165, 1.54) is 0 Å². The molecule has 0 unspecified atom stereocenters. The first-order valence-electron chi connectivity index (χ1n) is 4.12. The minimum Gasteiger partial charge on any atom is -0.854 e. The van der Waals surface area contributed by atoms with Gasteiger partial charge in [-0.3, -0.25) is 9.59 Å². The summed E-state index contributed by atoms with van der Waals surface area (Å²) < 4.78 is 4.51. The third-order valence-corrected chi connectivity index (χ3v) is 1.32. The lowest BCUT2D eigenvalue weighted by Crippen LogP contribution is -2.07. The second-order valence-corrected chi connectivity index (χ2v) is 2.53. The maximum atomic E-state index is 10.0. The van der Waals surface area contributed by atoms with Crippen LogP contribution in [0.5, 0.6) is 0 Å². The van der Waals surface area contributed by atoms with Crippen LogP contribution < -0.4 is 5.11 Å². The van der Waals surface area contributed by atoms with Crippen molar-refractivity contribution in [2.45, 2.75) is 25.7 Å². The largest absolute Gasteiger partial charge is 0.854 e. The zero-order valence-corrected chi connectivity index (χ0v) is 7.32. The Morgan fingerprint density at radius 2 is 2.31 bits per heavy atom. The Balaban J connectivity index is 0.000000223. The molecule has 0 spiro atoms. The predicted octanol–water partition coefficient (Wildman–Crippen LogP) is -0.465. The molecule has 0 aromatic carbocycles. The summed E-state index contributed by atoms with van der Waals surface area (Å²) in [6.07, 6.45) is 1.79. The molecule has 1 aliphatic heterocycles. The Hall–Kier alpha value is -1.10. The minimum atomic E-state index is -0.893. The Kier molecular flexibility index (Phi) is 6.91. The third-order valence-electron chi connectivity index (χ3n) is 1.32. The van der Waals surface area contributed by atoms with E-state index < -0.39 is 5.97 Å². The molecule has 1 saturated heterocycles. The van der Waals surface area contributed by atoms with E-state index in [1.807, 2.05) is 0 Å². The highest BCUT2D eigenvalue weighted by Gasteiger charge is 2.08. The van der Waals surface area contributed by atoms with Crippen LogP contribution in [0.4, 0.5) is 0 Å². The average Bonchev–Trinajstić information content (AvgIpc) is 2.53. The van der Waals surface area contributed by atoms with Crippen molar-refractivity contribution in [2.24, 2.45) is 0 Å². The first-order valence-corrected chi connectivity index (χ1v) is 4.12. The molecule has 0 atom stereocenters. The number of ether oxygens (including phenoxy) is 1. The maximum absolute atomic E-state index is 10.0. The van der Waals surface area contributed by atoms with Crippen molar-refractivity contribution in [3.05, 3.63) is 0 Å². The van der Waals surface area contributed by atoms with Crippen LogP contribution in [-0.2, 0) is 14.3 Å². The van der Waals surface area contributed by atoms with Gasteiger partial charge in [0.25, 0.3) is 0 Å². The molecule has 5 heteroatoms. The predicted molar refractivity (Wildman–Crippen MR) is 41.9 cm³/mol.